The van der Waals surface area contributed by atoms with Crippen molar-refractivity contribution < 1.29 is 14.3 Å². The maximum Gasteiger partial charge on any atom is 0.246 e. The van der Waals surface area contributed by atoms with Gasteiger partial charge in [0.05, 0.1) is 19.8 Å². The molecule has 39 heavy (non-hydrogen) atoms. The van der Waals surface area contributed by atoms with Gasteiger partial charge in [0.1, 0.15) is 5.75 Å². The number of nitrogens with zero attached hydrogens (tertiary/aromatic N) is 3. The van der Waals surface area contributed by atoms with Gasteiger partial charge in [0.2, 0.25) is 5.91 Å². The van der Waals surface area contributed by atoms with E-state index in [0.29, 0.717) is 24.9 Å². The summed E-state index contributed by atoms with van der Waals surface area (Å²) in [4.78, 5) is 19.1. The zero-order chi connectivity index (χ0) is 27.2. The molecular weight excluding hydrogens is 486 g/mol. The molecule has 2 atom stereocenters. The summed E-state index contributed by atoms with van der Waals surface area (Å²) in [5.41, 5.74) is 0.259. The van der Waals surface area contributed by atoms with Crippen LogP contribution in [0.3, 0.4) is 0 Å². The Morgan fingerprint density at radius 3 is 2.31 bits per heavy atom. The molecule has 2 fully saturated rings. The Bertz CT molecular complexity index is 1320. The van der Waals surface area contributed by atoms with Crippen molar-refractivity contribution in [2.75, 3.05) is 47.0 Å². The van der Waals surface area contributed by atoms with Crippen molar-refractivity contribution in [2.45, 2.75) is 44.1 Å². The molecule has 0 bridgehead atoms. The van der Waals surface area contributed by atoms with Gasteiger partial charge >= 0.3 is 0 Å². The minimum Gasteiger partial charge on any atom is -0.496 e. The third-order valence-corrected chi connectivity index (χ3v) is 8.72. The quantitative estimate of drug-likeness (QED) is 0.382. The third kappa shape index (κ3) is 5.26. The topological polar surface area (TPSA) is 65.8 Å². The number of benzene rings is 3. The van der Waals surface area contributed by atoms with E-state index in [1.807, 2.05) is 53.4 Å². The number of hydrogen-bond donors (Lipinski definition) is 0. The zero-order valence-corrected chi connectivity index (χ0v) is 23.1. The van der Waals surface area contributed by atoms with Gasteiger partial charge in [0, 0.05) is 50.8 Å². The van der Waals surface area contributed by atoms with Crippen LogP contribution in [0, 0.1) is 16.7 Å². The molecule has 0 aromatic heterocycles. The number of para-hydroxylation sites is 1. The highest BCUT2D eigenvalue weighted by molar-refractivity contribution is 5.92. The lowest BCUT2D eigenvalue weighted by molar-refractivity contribution is -0.144. The van der Waals surface area contributed by atoms with Crippen LogP contribution < -0.4 is 4.74 Å². The van der Waals surface area contributed by atoms with Crippen molar-refractivity contribution in [3.8, 4) is 11.8 Å². The van der Waals surface area contributed by atoms with E-state index >= 15 is 0 Å². The maximum absolute atomic E-state index is 14.6. The molecule has 1 heterocycles. The number of methoxy groups -OCH3 is 2. The van der Waals surface area contributed by atoms with Gasteiger partial charge in [-0.1, -0.05) is 79.9 Å². The molecule has 3 aromatic rings. The fourth-order valence-electron chi connectivity index (χ4n) is 6.76. The zero-order valence-electron chi connectivity index (χ0n) is 23.1. The number of ether oxygens (including phenoxy) is 2. The monoisotopic (exact) mass is 525 g/mol. The Balaban J connectivity index is 1.58. The first-order chi connectivity index (χ1) is 19.1. The second-order valence-electron chi connectivity index (χ2n) is 10.9. The summed E-state index contributed by atoms with van der Waals surface area (Å²) in [6.07, 6.45) is 6.41. The summed E-state index contributed by atoms with van der Waals surface area (Å²) < 4.78 is 11.5. The molecule has 1 saturated carbocycles. The molecule has 1 saturated heterocycles. The standard InChI is InChI=1S/C33H39N3O3/c1-38-24-33(23-34,32(37)36-21-19-35(20-22-36)26-13-4-3-5-14-26)31(29-16-8-9-18-30(29)39-2)28-17-10-12-25-11-6-7-15-27(25)28/h6-12,15-18,26,31H,3-5,13-14,19-22,24H2,1-2H3/t31?,33-/m0/s1. The lowest BCUT2D eigenvalue weighted by Crippen LogP contribution is -2.57. The normalized spacial score (nSPS) is 19.3. The molecule has 1 aliphatic heterocycles. The van der Waals surface area contributed by atoms with Crippen molar-refractivity contribution in [3.63, 3.8) is 0 Å². The SMILES string of the molecule is COC[C@](C#N)(C(=O)N1CCN(C2CCCCC2)CC1)C(c1ccccc1OC)c1cccc2ccccc12. The molecular formula is C33H39N3O3. The van der Waals surface area contributed by atoms with Crippen molar-refractivity contribution in [1.29, 1.82) is 5.26 Å². The van der Waals surface area contributed by atoms with Crippen LogP contribution in [0.1, 0.15) is 49.1 Å². The van der Waals surface area contributed by atoms with Gasteiger partial charge in [0.25, 0.3) is 0 Å². The summed E-state index contributed by atoms with van der Waals surface area (Å²) in [6.45, 7) is 2.92. The second-order valence-corrected chi connectivity index (χ2v) is 10.9. The molecule has 0 radical (unpaired) electrons. The van der Waals surface area contributed by atoms with Gasteiger partial charge in [-0.05, 0) is 35.2 Å². The van der Waals surface area contributed by atoms with Crippen LogP contribution in [0.25, 0.3) is 10.8 Å². The molecule has 6 nitrogen and oxygen atoms in total. The number of nitriles is 1. The number of rotatable bonds is 8. The smallest absolute Gasteiger partial charge is 0.246 e. The Morgan fingerprint density at radius 1 is 0.923 bits per heavy atom. The number of piperazine rings is 1. The first-order valence-corrected chi connectivity index (χ1v) is 14.2. The average Bonchev–Trinajstić information content (AvgIpc) is 3.01. The van der Waals surface area contributed by atoms with Crippen LogP contribution in [0.5, 0.6) is 5.75 Å². The predicted octanol–water partition coefficient (Wildman–Crippen LogP) is 5.61. The van der Waals surface area contributed by atoms with Crippen molar-refractivity contribution in [1.82, 2.24) is 9.80 Å². The van der Waals surface area contributed by atoms with E-state index in [-0.39, 0.29) is 12.5 Å². The Hall–Kier alpha value is -3.40. The minimum atomic E-state index is -1.47. The van der Waals surface area contributed by atoms with Crippen molar-refractivity contribution in [3.05, 3.63) is 77.9 Å². The molecule has 0 N–H and O–H groups in total. The summed E-state index contributed by atoms with van der Waals surface area (Å²) in [5, 5.41) is 13.0. The molecule has 2 aliphatic rings. The van der Waals surface area contributed by atoms with E-state index in [1.165, 1.54) is 32.1 Å². The fraction of sp³-hybridized carbons (Fsp3) is 0.455. The van der Waals surface area contributed by atoms with Gasteiger partial charge in [-0.15, -0.1) is 0 Å². The van der Waals surface area contributed by atoms with Gasteiger partial charge in [0.15, 0.2) is 5.41 Å². The van der Waals surface area contributed by atoms with Crippen LogP contribution in [0.4, 0.5) is 0 Å². The summed E-state index contributed by atoms with van der Waals surface area (Å²) >= 11 is 0. The van der Waals surface area contributed by atoms with Crippen LogP contribution in [-0.4, -0.2) is 68.8 Å². The molecule has 6 heteroatoms. The molecule has 5 rings (SSSR count). The largest absolute Gasteiger partial charge is 0.496 e. The highest BCUT2D eigenvalue weighted by Crippen LogP contribution is 2.48. The van der Waals surface area contributed by atoms with E-state index in [2.05, 4.69) is 29.2 Å². The van der Waals surface area contributed by atoms with Gasteiger partial charge < -0.3 is 14.4 Å². The van der Waals surface area contributed by atoms with Crippen LogP contribution >= 0.6 is 0 Å². The van der Waals surface area contributed by atoms with Gasteiger partial charge in [-0.2, -0.15) is 5.26 Å². The Labute approximate surface area is 232 Å². The highest BCUT2D eigenvalue weighted by Gasteiger charge is 2.51. The summed E-state index contributed by atoms with van der Waals surface area (Å²) in [6, 6.07) is 25.1. The van der Waals surface area contributed by atoms with Crippen LogP contribution in [0.15, 0.2) is 66.7 Å². The van der Waals surface area contributed by atoms with Crippen LogP contribution in [0.2, 0.25) is 0 Å². The van der Waals surface area contributed by atoms with Crippen LogP contribution in [-0.2, 0) is 9.53 Å². The summed E-state index contributed by atoms with van der Waals surface area (Å²) in [7, 11) is 3.21. The van der Waals surface area contributed by atoms with E-state index in [9.17, 15) is 10.1 Å². The molecule has 1 unspecified atom stereocenters. The van der Waals surface area contributed by atoms with Crippen molar-refractivity contribution in [2.24, 2.45) is 5.41 Å². The first kappa shape index (κ1) is 27.2. The molecule has 1 amide bonds. The van der Waals surface area contributed by atoms with E-state index in [1.54, 1.807) is 14.2 Å². The number of hydrogen-bond acceptors (Lipinski definition) is 5. The molecule has 204 valence electrons. The van der Waals surface area contributed by atoms with E-state index in [0.717, 1.165) is 35.0 Å². The number of carbonyl (C=O) groups is 1. The molecule has 1 aliphatic carbocycles. The van der Waals surface area contributed by atoms with E-state index < -0.39 is 11.3 Å². The molecule has 3 aromatic carbocycles. The number of fused-ring (bicyclic) bond motifs is 1. The predicted molar refractivity (Wildman–Crippen MR) is 154 cm³/mol. The lowest BCUT2D eigenvalue weighted by atomic mass is 9.67. The number of carbonyl (C=O) groups excluding carboxylic acids is 1. The van der Waals surface area contributed by atoms with Gasteiger partial charge in [-0.3, -0.25) is 9.69 Å². The average molecular weight is 526 g/mol. The first-order valence-electron chi connectivity index (χ1n) is 14.2. The number of amides is 1. The highest BCUT2D eigenvalue weighted by atomic mass is 16.5. The summed E-state index contributed by atoms with van der Waals surface area (Å²) in [5.74, 6) is -0.103. The minimum absolute atomic E-state index is 0.0168. The lowest BCUT2D eigenvalue weighted by Gasteiger charge is -2.44. The maximum atomic E-state index is 14.6. The molecule has 0 spiro atoms. The van der Waals surface area contributed by atoms with Gasteiger partial charge in [-0.25, -0.2) is 0 Å². The van der Waals surface area contributed by atoms with Crippen molar-refractivity contribution >= 4 is 16.7 Å². The Morgan fingerprint density at radius 2 is 1.59 bits per heavy atom. The fourth-order valence-corrected chi connectivity index (χ4v) is 6.76. The Kier molecular flexibility index (Phi) is 8.50. The second kappa shape index (κ2) is 12.2. The van der Waals surface area contributed by atoms with E-state index in [4.69, 9.17) is 9.47 Å². The third-order valence-electron chi connectivity index (χ3n) is 8.72.